The first-order chi connectivity index (χ1) is 14.5. The van der Waals surface area contributed by atoms with Gasteiger partial charge in [-0.3, -0.25) is 19.8 Å². The van der Waals surface area contributed by atoms with E-state index in [-0.39, 0.29) is 22.7 Å². The van der Waals surface area contributed by atoms with Gasteiger partial charge < -0.3 is 19.7 Å². The molecule has 0 spiro atoms. The molecule has 0 saturated carbocycles. The fourth-order valence-electron chi connectivity index (χ4n) is 3.20. The third-order valence-electron chi connectivity index (χ3n) is 4.92. The number of H-pyrrole nitrogens is 1. The number of nitrogens with zero attached hydrogens (tertiary/aromatic N) is 3. The SMILES string of the molecule is [2H]c1cc([C@]2(C#N)O[C@H](C([2H])([2H])OC(=O)C(CC)CC)[C@@H](O)[C@H]2O)n2[nH]cnc(=N)c12. The third-order valence-corrected chi connectivity index (χ3v) is 4.92. The smallest absolute Gasteiger partial charge is 0.309 e. The van der Waals surface area contributed by atoms with Crippen LogP contribution < -0.4 is 5.49 Å². The van der Waals surface area contributed by atoms with Crippen LogP contribution in [0.4, 0.5) is 0 Å². The number of carbonyl (C=O) groups excluding carboxylic acids is 1. The molecule has 3 heterocycles. The largest absolute Gasteiger partial charge is 0.463 e. The lowest BCUT2D eigenvalue weighted by atomic mass is 9.92. The monoisotopic (exact) mass is 392 g/mol. The van der Waals surface area contributed by atoms with E-state index < -0.39 is 42.4 Å². The normalized spacial score (nSPS) is 29.3. The van der Waals surface area contributed by atoms with Gasteiger partial charge in [0.05, 0.1) is 15.7 Å². The lowest BCUT2D eigenvalue weighted by Crippen LogP contribution is -2.41. The van der Waals surface area contributed by atoms with E-state index in [0.717, 1.165) is 16.9 Å². The minimum atomic E-state index is -2.86. The Balaban J connectivity index is 2.04. The molecule has 10 heteroatoms. The van der Waals surface area contributed by atoms with Crippen LogP contribution in [0.2, 0.25) is 0 Å². The molecule has 0 aromatic carbocycles. The highest BCUT2D eigenvalue weighted by atomic mass is 16.6. The molecular formula is C18H23N5O5. The summed E-state index contributed by atoms with van der Waals surface area (Å²) in [6.07, 6.45) is -3.79. The summed E-state index contributed by atoms with van der Waals surface area (Å²) >= 11 is 0. The van der Waals surface area contributed by atoms with E-state index in [2.05, 4.69) is 10.1 Å². The van der Waals surface area contributed by atoms with Crippen molar-refractivity contribution in [3.63, 3.8) is 0 Å². The number of aliphatic hydroxyl groups is 2. The van der Waals surface area contributed by atoms with Gasteiger partial charge in [0.1, 0.15) is 42.8 Å². The van der Waals surface area contributed by atoms with Crippen LogP contribution in [0.5, 0.6) is 0 Å². The maximum Gasteiger partial charge on any atom is 0.309 e. The van der Waals surface area contributed by atoms with E-state index >= 15 is 0 Å². The second kappa shape index (κ2) is 7.71. The number of carbonyl (C=O) groups is 1. The summed E-state index contributed by atoms with van der Waals surface area (Å²) in [6.45, 7) is 0.637. The number of esters is 1. The molecule has 1 aliphatic heterocycles. The molecule has 0 amide bonds. The summed E-state index contributed by atoms with van der Waals surface area (Å²) in [5.41, 5.74) is -2.74. The molecule has 3 rings (SSSR count). The van der Waals surface area contributed by atoms with Crippen molar-refractivity contribution in [2.75, 3.05) is 6.56 Å². The minimum absolute atomic E-state index is 0.0102. The van der Waals surface area contributed by atoms with Gasteiger partial charge in [-0.25, -0.2) is 4.98 Å². The Bertz CT molecular complexity index is 1090. The number of aromatic nitrogens is 3. The molecule has 4 N–H and O–H groups in total. The summed E-state index contributed by atoms with van der Waals surface area (Å²) in [7, 11) is 0. The second-order valence-corrected chi connectivity index (χ2v) is 6.47. The van der Waals surface area contributed by atoms with Crippen LogP contribution >= 0.6 is 0 Å². The molecule has 1 fully saturated rings. The Morgan fingerprint density at radius 3 is 3.00 bits per heavy atom. The van der Waals surface area contributed by atoms with Crippen molar-refractivity contribution < 1.29 is 28.6 Å². The highest BCUT2D eigenvalue weighted by Gasteiger charge is 2.57. The molecule has 28 heavy (non-hydrogen) atoms. The number of aliphatic hydroxyl groups excluding tert-OH is 2. The van der Waals surface area contributed by atoms with E-state index in [4.69, 9.17) is 19.0 Å². The van der Waals surface area contributed by atoms with Crippen LogP contribution in [0.15, 0.2) is 18.4 Å². The number of hydrogen-bond donors (Lipinski definition) is 4. The number of hydrogen-bond acceptors (Lipinski definition) is 8. The molecular weight excluding hydrogens is 366 g/mol. The van der Waals surface area contributed by atoms with Crippen molar-refractivity contribution in [1.82, 2.24) is 14.6 Å². The predicted octanol–water partition coefficient (Wildman–Crippen LogP) is -0.0393. The average molecular weight is 392 g/mol. The van der Waals surface area contributed by atoms with Crippen LogP contribution in [0.1, 0.15) is 36.5 Å². The molecule has 150 valence electrons. The molecule has 0 bridgehead atoms. The maximum atomic E-state index is 12.3. The summed E-state index contributed by atoms with van der Waals surface area (Å²) in [4.78, 5) is 16.0. The highest BCUT2D eigenvalue weighted by Crippen LogP contribution is 2.40. The van der Waals surface area contributed by atoms with Crippen LogP contribution in [0, 0.1) is 22.7 Å². The number of ether oxygens (including phenoxy) is 2. The van der Waals surface area contributed by atoms with Gasteiger partial charge in [-0.1, -0.05) is 13.8 Å². The third kappa shape index (κ3) is 3.07. The molecule has 0 unspecified atom stereocenters. The molecule has 1 saturated heterocycles. The molecule has 2 aromatic rings. The van der Waals surface area contributed by atoms with Gasteiger partial charge in [0.2, 0.25) is 5.60 Å². The molecule has 2 aromatic heterocycles. The Labute approximate surface area is 165 Å². The Hall–Kier alpha value is -2.74. The Morgan fingerprint density at radius 1 is 1.64 bits per heavy atom. The van der Waals surface area contributed by atoms with Gasteiger partial charge in [-0.15, -0.1) is 0 Å². The van der Waals surface area contributed by atoms with E-state index in [1.54, 1.807) is 19.9 Å². The predicted molar refractivity (Wildman–Crippen MR) is 94.6 cm³/mol. The lowest BCUT2D eigenvalue weighted by molar-refractivity contribution is -0.155. The second-order valence-electron chi connectivity index (χ2n) is 6.47. The lowest BCUT2D eigenvalue weighted by Gasteiger charge is -2.24. The minimum Gasteiger partial charge on any atom is -0.463 e. The quantitative estimate of drug-likeness (QED) is 0.502. The van der Waals surface area contributed by atoms with E-state index in [0.29, 0.717) is 12.8 Å². The Kier molecular flexibility index (Phi) is 4.47. The zero-order valence-electron chi connectivity index (χ0n) is 18.3. The molecule has 4 atom stereocenters. The number of fused-ring (bicyclic) bond motifs is 1. The van der Waals surface area contributed by atoms with Crippen molar-refractivity contribution in [2.24, 2.45) is 5.92 Å². The number of rotatable bonds is 6. The van der Waals surface area contributed by atoms with Crippen molar-refractivity contribution in [3.8, 4) is 6.07 Å². The van der Waals surface area contributed by atoms with Gasteiger partial charge >= 0.3 is 5.97 Å². The summed E-state index contributed by atoms with van der Waals surface area (Å²) in [5, 5.41) is 41.7. The molecule has 0 aliphatic carbocycles. The van der Waals surface area contributed by atoms with Crippen LogP contribution in [0.3, 0.4) is 0 Å². The molecule has 1 aliphatic rings. The van der Waals surface area contributed by atoms with Crippen LogP contribution in [-0.2, 0) is 19.9 Å². The van der Waals surface area contributed by atoms with Crippen molar-refractivity contribution in [3.05, 3.63) is 29.6 Å². The first-order valence-corrected chi connectivity index (χ1v) is 8.82. The van der Waals surface area contributed by atoms with E-state index in [9.17, 15) is 20.3 Å². The van der Waals surface area contributed by atoms with Crippen LogP contribution in [-0.4, -0.2) is 55.7 Å². The summed E-state index contributed by atoms with van der Waals surface area (Å²) < 4.78 is 36.1. The Morgan fingerprint density at radius 2 is 2.36 bits per heavy atom. The summed E-state index contributed by atoms with van der Waals surface area (Å²) in [6, 6.07) is 2.71. The zero-order chi connectivity index (χ0) is 23.1. The van der Waals surface area contributed by atoms with Gasteiger partial charge in [-0.05, 0) is 25.0 Å². The molecule has 10 nitrogen and oxygen atoms in total. The molecule has 0 radical (unpaired) electrons. The van der Waals surface area contributed by atoms with Gasteiger partial charge in [0.15, 0.2) is 5.49 Å². The zero-order valence-corrected chi connectivity index (χ0v) is 15.3. The van der Waals surface area contributed by atoms with Crippen molar-refractivity contribution in [2.45, 2.75) is 50.6 Å². The number of aromatic amines is 1. The van der Waals surface area contributed by atoms with Crippen LogP contribution in [0.25, 0.3) is 5.52 Å². The fraction of sp³-hybridized carbons (Fsp3) is 0.556. The topological polar surface area (TPSA) is 157 Å². The van der Waals surface area contributed by atoms with E-state index in [1.807, 2.05) is 0 Å². The summed E-state index contributed by atoms with van der Waals surface area (Å²) in [5.74, 6) is -1.38. The number of nitriles is 1. The van der Waals surface area contributed by atoms with Crippen molar-refractivity contribution in [1.29, 1.82) is 10.7 Å². The first-order valence-electron chi connectivity index (χ1n) is 10.3. The highest BCUT2D eigenvalue weighted by molar-refractivity contribution is 5.72. The average Bonchev–Trinajstić information content (AvgIpc) is 3.19. The number of nitrogens with one attached hydrogen (secondary N) is 2. The van der Waals surface area contributed by atoms with Gasteiger partial charge in [-0.2, -0.15) is 5.26 Å². The first kappa shape index (κ1) is 16.2. The van der Waals surface area contributed by atoms with Crippen molar-refractivity contribution >= 4 is 11.5 Å². The van der Waals surface area contributed by atoms with Gasteiger partial charge in [0.25, 0.3) is 0 Å². The standard InChI is InChI=1S/C18H23N5O5/c1-3-10(4-2)17(26)27-7-12-14(24)15(25)18(8-19,28-12)13-6-5-11-16(20)21-9-22-23(11)13/h5-6,9-10,12,14-15,24-25H,3-4,7H2,1-2H3,(H2,20,21,22)/t12-,14-,15-,18+/m1/s1/i5D,7D2. The fourth-order valence-corrected chi connectivity index (χ4v) is 3.20. The van der Waals surface area contributed by atoms with E-state index in [1.165, 1.54) is 0 Å². The maximum absolute atomic E-state index is 12.3. The van der Waals surface area contributed by atoms with Gasteiger partial charge in [0, 0.05) is 0 Å².